The molecule has 0 radical (unpaired) electrons. The van der Waals surface area contributed by atoms with Gasteiger partial charge in [0.2, 0.25) is 0 Å². The van der Waals surface area contributed by atoms with Crippen molar-refractivity contribution >= 4 is 11.5 Å². The molecule has 82 valence electrons. The highest BCUT2D eigenvalue weighted by Crippen LogP contribution is 2.15. The molecule has 0 unspecified atom stereocenters. The van der Waals surface area contributed by atoms with Gasteiger partial charge in [-0.1, -0.05) is 12.1 Å². The summed E-state index contributed by atoms with van der Waals surface area (Å²) in [6.45, 7) is 0. The summed E-state index contributed by atoms with van der Waals surface area (Å²) in [5, 5.41) is 2.60. The first-order valence-corrected chi connectivity index (χ1v) is 4.50. The van der Waals surface area contributed by atoms with E-state index in [1.807, 2.05) is 4.98 Å². The third-order valence-corrected chi connectivity index (χ3v) is 1.90. The first-order chi connectivity index (χ1) is 7.65. The second-order valence-corrected chi connectivity index (χ2v) is 3.11. The number of H-pyrrole nitrogens is 2. The van der Waals surface area contributed by atoms with E-state index in [0.29, 0.717) is 0 Å². The van der Waals surface area contributed by atoms with Crippen LogP contribution in [0.1, 0.15) is 0 Å². The van der Waals surface area contributed by atoms with Crippen LogP contribution in [-0.2, 0) is 0 Å². The van der Waals surface area contributed by atoms with E-state index in [0.717, 1.165) is 6.07 Å². The second kappa shape index (κ2) is 4.01. The van der Waals surface area contributed by atoms with Crippen LogP contribution in [-0.4, -0.2) is 9.97 Å². The molecule has 0 fully saturated rings. The van der Waals surface area contributed by atoms with E-state index in [1.54, 1.807) is 12.1 Å². The number of aromatic nitrogens is 2. The molecule has 5 nitrogen and oxygen atoms in total. The fraction of sp³-hybridized carbons (Fsp3) is 0. The summed E-state index contributed by atoms with van der Waals surface area (Å²) in [5.74, 6) is -0.331. The van der Waals surface area contributed by atoms with Crippen molar-refractivity contribution in [2.24, 2.45) is 0 Å². The minimum atomic E-state index is -0.647. The number of rotatable bonds is 2. The van der Waals surface area contributed by atoms with Crippen LogP contribution in [0.4, 0.5) is 15.9 Å². The summed E-state index contributed by atoms with van der Waals surface area (Å²) < 4.78 is 13.2. The van der Waals surface area contributed by atoms with Crippen molar-refractivity contribution in [3.63, 3.8) is 0 Å². The summed E-state index contributed by atoms with van der Waals surface area (Å²) in [6, 6.07) is 7.08. The molecule has 3 N–H and O–H groups in total. The third kappa shape index (κ3) is 2.17. The maximum atomic E-state index is 13.2. The van der Waals surface area contributed by atoms with Crippen molar-refractivity contribution in [3.05, 3.63) is 57.0 Å². The van der Waals surface area contributed by atoms with Crippen molar-refractivity contribution < 1.29 is 4.39 Å². The van der Waals surface area contributed by atoms with E-state index < -0.39 is 17.1 Å². The molecule has 16 heavy (non-hydrogen) atoms. The lowest BCUT2D eigenvalue weighted by atomic mass is 10.3. The van der Waals surface area contributed by atoms with Crippen molar-refractivity contribution in [1.82, 2.24) is 9.97 Å². The van der Waals surface area contributed by atoms with E-state index in [2.05, 4.69) is 10.3 Å². The molecule has 0 aliphatic carbocycles. The van der Waals surface area contributed by atoms with E-state index >= 15 is 0 Å². The maximum absolute atomic E-state index is 13.2. The van der Waals surface area contributed by atoms with Gasteiger partial charge < -0.3 is 5.32 Å². The van der Waals surface area contributed by atoms with E-state index in [-0.39, 0.29) is 11.5 Å². The van der Waals surface area contributed by atoms with E-state index in [1.165, 1.54) is 12.1 Å². The lowest BCUT2D eigenvalue weighted by Crippen LogP contribution is -2.22. The zero-order chi connectivity index (χ0) is 11.5. The Morgan fingerprint density at radius 1 is 1.12 bits per heavy atom. The van der Waals surface area contributed by atoms with Crippen LogP contribution in [0.5, 0.6) is 0 Å². The predicted octanol–water partition coefficient (Wildman–Crippen LogP) is 0.946. The molecule has 0 bridgehead atoms. The average Bonchev–Trinajstić information content (AvgIpc) is 2.20. The van der Waals surface area contributed by atoms with Gasteiger partial charge >= 0.3 is 5.69 Å². The Morgan fingerprint density at radius 3 is 2.56 bits per heavy atom. The molecule has 1 heterocycles. The zero-order valence-electron chi connectivity index (χ0n) is 8.08. The minimum absolute atomic E-state index is 0.138. The number of nitrogens with one attached hydrogen (secondary N) is 3. The molecular weight excluding hydrogens is 213 g/mol. The van der Waals surface area contributed by atoms with Crippen LogP contribution in [0, 0.1) is 5.82 Å². The molecule has 2 rings (SSSR count). The number of para-hydroxylation sites is 1. The Hall–Kier alpha value is -2.37. The first kappa shape index (κ1) is 10.2. The molecule has 1 aromatic heterocycles. The van der Waals surface area contributed by atoms with Crippen molar-refractivity contribution in [3.8, 4) is 0 Å². The molecule has 6 heteroatoms. The fourth-order valence-corrected chi connectivity index (χ4v) is 1.24. The average molecular weight is 221 g/mol. The van der Waals surface area contributed by atoms with Gasteiger partial charge in [-0.3, -0.25) is 14.8 Å². The highest BCUT2D eigenvalue weighted by atomic mass is 19.1. The van der Waals surface area contributed by atoms with Crippen molar-refractivity contribution in [1.29, 1.82) is 0 Å². The minimum Gasteiger partial charge on any atom is -0.339 e. The molecule has 0 atom stereocenters. The SMILES string of the molecule is O=c1cc(Nc2ccccc2F)[nH]c(=O)[nH]1. The number of aromatic amines is 2. The molecule has 0 spiro atoms. The largest absolute Gasteiger partial charge is 0.339 e. The summed E-state index contributed by atoms with van der Waals surface area (Å²) in [7, 11) is 0. The van der Waals surface area contributed by atoms with Crippen LogP contribution >= 0.6 is 0 Å². The van der Waals surface area contributed by atoms with Crippen molar-refractivity contribution in [2.75, 3.05) is 5.32 Å². The van der Waals surface area contributed by atoms with Gasteiger partial charge in [0.05, 0.1) is 5.69 Å². The summed E-state index contributed by atoms with van der Waals surface area (Å²) in [4.78, 5) is 26.3. The van der Waals surface area contributed by atoms with E-state index in [4.69, 9.17) is 0 Å². The van der Waals surface area contributed by atoms with Gasteiger partial charge in [0.25, 0.3) is 5.56 Å². The Labute approximate surface area is 89.0 Å². The van der Waals surface area contributed by atoms with Gasteiger partial charge in [-0.05, 0) is 12.1 Å². The quantitative estimate of drug-likeness (QED) is 0.706. The van der Waals surface area contributed by atoms with Crippen LogP contribution in [0.15, 0.2) is 39.9 Å². The molecule has 1 aromatic carbocycles. The maximum Gasteiger partial charge on any atom is 0.327 e. The lowest BCUT2D eigenvalue weighted by Gasteiger charge is -2.05. The Morgan fingerprint density at radius 2 is 1.88 bits per heavy atom. The molecule has 0 saturated carbocycles. The smallest absolute Gasteiger partial charge is 0.327 e. The Balaban J connectivity index is 2.38. The third-order valence-electron chi connectivity index (χ3n) is 1.90. The van der Waals surface area contributed by atoms with Crippen LogP contribution < -0.4 is 16.6 Å². The monoisotopic (exact) mass is 221 g/mol. The molecular formula is C10H8FN3O2. The summed E-state index contributed by atoms with van der Waals surface area (Å²) in [6.07, 6.45) is 0. The highest BCUT2D eigenvalue weighted by molar-refractivity contribution is 5.55. The summed E-state index contributed by atoms with van der Waals surface area (Å²) in [5.41, 5.74) is -1.02. The van der Waals surface area contributed by atoms with Gasteiger partial charge in [0, 0.05) is 6.07 Å². The lowest BCUT2D eigenvalue weighted by molar-refractivity contribution is 0.632. The number of benzene rings is 1. The zero-order valence-corrected chi connectivity index (χ0v) is 8.08. The normalized spacial score (nSPS) is 10.1. The Kier molecular flexibility index (Phi) is 2.55. The van der Waals surface area contributed by atoms with Gasteiger partial charge in [-0.15, -0.1) is 0 Å². The predicted molar refractivity (Wildman–Crippen MR) is 57.4 cm³/mol. The van der Waals surface area contributed by atoms with Gasteiger partial charge in [0.1, 0.15) is 11.6 Å². The van der Waals surface area contributed by atoms with Crippen LogP contribution in [0.3, 0.4) is 0 Å². The van der Waals surface area contributed by atoms with Gasteiger partial charge in [-0.2, -0.15) is 0 Å². The molecule has 0 saturated heterocycles. The number of halogens is 1. The molecule has 2 aromatic rings. The number of hydrogen-bond donors (Lipinski definition) is 3. The van der Waals surface area contributed by atoms with Gasteiger partial charge in [-0.25, -0.2) is 9.18 Å². The highest BCUT2D eigenvalue weighted by Gasteiger charge is 2.01. The topological polar surface area (TPSA) is 77.8 Å². The van der Waals surface area contributed by atoms with E-state index in [9.17, 15) is 14.0 Å². The standard InChI is InChI=1S/C10H8FN3O2/c11-6-3-1-2-4-7(6)12-8-5-9(15)14-10(16)13-8/h1-5H,(H3,12,13,14,15,16). The summed E-state index contributed by atoms with van der Waals surface area (Å²) >= 11 is 0. The fourth-order valence-electron chi connectivity index (χ4n) is 1.24. The number of hydrogen-bond acceptors (Lipinski definition) is 3. The molecule has 0 amide bonds. The number of anilines is 2. The molecule has 0 aliphatic heterocycles. The van der Waals surface area contributed by atoms with Crippen molar-refractivity contribution in [2.45, 2.75) is 0 Å². The molecule has 0 aliphatic rings. The first-order valence-electron chi connectivity index (χ1n) is 4.50. The van der Waals surface area contributed by atoms with Crippen LogP contribution in [0.25, 0.3) is 0 Å². The van der Waals surface area contributed by atoms with Crippen LogP contribution in [0.2, 0.25) is 0 Å². The van der Waals surface area contributed by atoms with Gasteiger partial charge in [0.15, 0.2) is 0 Å². The Bertz CT molecular complexity index is 589. The second-order valence-electron chi connectivity index (χ2n) is 3.11.